The summed E-state index contributed by atoms with van der Waals surface area (Å²) in [5, 5.41) is 11.2. The van der Waals surface area contributed by atoms with Crippen LogP contribution in [0.15, 0.2) is 0 Å². The number of amides is 5. The van der Waals surface area contributed by atoms with E-state index in [4.69, 9.17) is 5.73 Å². The van der Waals surface area contributed by atoms with Crippen molar-refractivity contribution in [2.24, 2.45) is 5.73 Å². The second kappa shape index (κ2) is 18.5. The Bertz CT molecular complexity index is 978. The molecule has 0 rings (SSSR count). The molecule has 42 heavy (non-hydrogen) atoms. The van der Waals surface area contributed by atoms with Gasteiger partial charge in [-0.1, -0.05) is 0 Å². The van der Waals surface area contributed by atoms with Crippen LogP contribution in [0.4, 0.5) is 13.2 Å². The third-order valence-corrected chi connectivity index (χ3v) is 5.66. The highest BCUT2D eigenvalue weighted by Gasteiger charge is 2.38. The van der Waals surface area contributed by atoms with Gasteiger partial charge < -0.3 is 41.8 Å². The molecule has 18 heteroatoms. The number of rotatable bonds is 17. The van der Waals surface area contributed by atoms with E-state index in [1.165, 1.54) is 20.8 Å². The first-order valence-corrected chi connectivity index (χ1v) is 12.9. The minimum atomic E-state index is -5.05. The van der Waals surface area contributed by atoms with Crippen LogP contribution in [0.1, 0.15) is 52.9 Å². The predicted octanol–water partition coefficient (Wildman–Crippen LogP) is -1.71. The van der Waals surface area contributed by atoms with Crippen LogP contribution in [0.25, 0.3) is 0 Å². The van der Waals surface area contributed by atoms with Crippen LogP contribution < -0.4 is 32.3 Å². The second-order valence-corrected chi connectivity index (χ2v) is 9.26. The molecule has 0 aliphatic carbocycles. The molecule has 7 N–H and O–H groups in total. The predicted molar refractivity (Wildman–Crippen MR) is 139 cm³/mol. The molecule has 0 bridgehead atoms. The van der Waals surface area contributed by atoms with E-state index in [2.05, 4.69) is 30.7 Å². The number of halogens is 3. The van der Waals surface area contributed by atoms with E-state index in [0.717, 1.165) is 14.2 Å². The molecule has 15 nitrogen and oxygen atoms in total. The smallest absolute Gasteiger partial charge is 0.467 e. The Labute approximate surface area is 240 Å². The molecule has 0 saturated carbocycles. The first-order chi connectivity index (χ1) is 19.4. The summed E-state index contributed by atoms with van der Waals surface area (Å²) < 4.78 is 46.2. The average Bonchev–Trinajstić information content (AvgIpc) is 2.92. The fraction of sp³-hybridized carbons (Fsp3) is 0.708. The Hall–Kier alpha value is -3.96. The number of carbonyl (C=O) groups is 7. The quantitative estimate of drug-likeness (QED) is 0.0805. The van der Waals surface area contributed by atoms with Crippen molar-refractivity contribution >= 4 is 41.5 Å². The Balaban J connectivity index is 5.37. The van der Waals surface area contributed by atoms with Crippen molar-refractivity contribution in [1.82, 2.24) is 26.6 Å². The fourth-order valence-electron chi connectivity index (χ4n) is 3.23. The molecular weight excluding hydrogens is 573 g/mol. The Morgan fingerprint density at radius 2 is 1.29 bits per heavy atom. The lowest BCUT2D eigenvalue weighted by Gasteiger charge is -2.23. The number of alkyl halides is 3. The number of unbranched alkanes of at least 4 members (excludes halogenated alkanes) is 1. The molecule has 5 amide bonds. The summed E-state index contributed by atoms with van der Waals surface area (Å²) in [4.78, 5) is 84.3. The van der Waals surface area contributed by atoms with Gasteiger partial charge in [-0.3, -0.25) is 24.0 Å². The first kappa shape index (κ1) is 38.0. The number of ether oxygens (including phenoxy) is 2. The summed E-state index contributed by atoms with van der Waals surface area (Å²) in [5.41, 5.74) is 5.48. The number of hydrogen-bond acceptors (Lipinski definition) is 10. The highest BCUT2D eigenvalue weighted by Crippen LogP contribution is 2.14. The number of hydrogen-bond donors (Lipinski definition) is 6. The largest absolute Gasteiger partial charge is 0.471 e. The van der Waals surface area contributed by atoms with E-state index in [1.54, 1.807) is 5.32 Å². The molecule has 0 heterocycles. The van der Waals surface area contributed by atoms with Crippen molar-refractivity contribution < 1.29 is 56.2 Å². The molecular formula is C24H39F3N6O9. The number of carbonyl (C=O) groups excluding carboxylic acids is 7. The molecule has 0 spiro atoms. The molecule has 0 fully saturated rings. The van der Waals surface area contributed by atoms with Crippen LogP contribution in [-0.4, -0.2) is 98.6 Å². The van der Waals surface area contributed by atoms with E-state index in [-0.39, 0.29) is 38.6 Å². The molecule has 0 aromatic rings. The number of methoxy groups -OCH3 is 2. The van der Waals surface area contributed by atoms with Crippen molar-refractivity contribution in [3.63, 3.8) is 0 Å². The van der Waals surface area contributed by atoms with Gasteiger partial charge in [0, 0.05) is 13.0 Å². The molecule has 0 saturated heterocycles. The van der Waals surface area contributed by atoms with E-state index in [0.29, 0.717) is 0 Å². The van der Waals surface area contributed by atoms with Gasteiger partial charge in [0.15, 0.2) is 0 Å². The summed E-state index contributed by atoms with van der Waals surface area (Å²) in [6.45, 7) is 3.69. The van der Waals surface area contributed by atoms with E-state index in [1.807, 2.05) is 0 Å². The maximum atomic E-state index is 12.9. The van der Waals surface area contributed by atoms with Gasteiger partial charge in [-0.15, -0.1) is 0 Å². The van der Waals surface area contributed by atoms with E-state index < -0.39 is 77.9 Å². The summed E-state index contributed by atoms with van der Waals surface area (Å²) in [7, 11) is 2.20. The van der Waals surface area contributed by atoms with Crippen molar-refractivity contribution in [3.05, 3.63) is 0 Å². The van der Waals surface area contributed by atoms with Crippen molar-refractivity contribution in [2.45, 2.75) is 89.3 Å². The zero-order valence-corrected chi connectivity index (χ0v) is 24.0. The first-order valence-electron chi connectivity index (χ1n) is 12.9. The van der Waals surface area contributed by atoms with E-state index >= 15 is 0 Å². The minimum absolute atomic E-state index is 0.0157. The van der Waals surface area contributed by atoms with Gasteiger partial charge in [-0.25, -0.2) is 9.59 Å². The van der Waals surface area contributed by atoms with Gasteiger partial charge in [0.25, 0.3) is 0 Å². The summed E-state index contributed by atoms with van der Waals surface area (Å²) >= 11 is 0. The maximum Gasteiger partial charge on any atom is 0.471 e. The van der Waals surface area contributed by atoms with Crippen molar-refractivity contribution in [2.75, 3.05) is 20.8 Å². The number of esters is 2. The molecule has 5 atom stereocenters. The third-order valence-electron chi connectivity index (χ3n) is 5.66. The minimum Gasteiger partial charge on any atom is -0.467 e. The highest BCUT2D eigenvalue weighted by molar-refractivity contribution is 5.93. The number of nitrogens with one attached hydrogen (secondary N) is 5. The molecule has 240 valence electrons. The van der Waals surface area contributed by atoms with Gasteiger partial charge in [0.2, 0.25) is 23.6 Å². The van der Waals surface area contributed by atoms with Crippen LogP contribution >= 0.6 is 0 Å². The molecule has 0 aliphatic rings. The lowest BCUT2D eigenvalue weighted by atomic mass is 10.1. The van der Waals surface area contributed by atoms with Gasteiger partial charge in [-0.05, 0) is 46.5 Å². The topological polar surface area (TPSA) is 224 Å². The molecule has 0 unspecified atom stereocenters. The molecule has 0 aromatic carbocycles. The van der Waals surface area contributed by atoms with Crippen LogP contribution in [0.3, 0.4) is 0 Å². The molecule has 0 aliphatic heterocycles. The Morgan fingerprint density at radius 3 is 1.81 bits per heavy atom. The maximum absolute atomic E-state index is 12.9. The Morgan fingerprint density at radius 1 is 0.714 bits per heavy atom. The van der Waals surface area contributed by atoms with Crippen molar-refractivity contribution in [1.29, 1.82) is 0 Å². The van der Waals surface area contributed by atoms with Gasteiger partial charge >= 0.3 is 24.0 Å². The Kier molecular flexibility index (Phi) is 16.7. The fourth-order valence-corrected chi connectivity index (χ4v) is 3.23. The third kappa shape index (κ3) is 14.6. The summed E-state index contributed by atoms with van der Waals surface area (Å²) in [6, 6.07) is -5.64. The lowest BCUT2D eigenvalue weighted by molar-refractivity contribution is -0.173. The van der Waals surface area contributed by atoms with Crippen molar-refractivity contribution in [3.8, 4) is 0 Å². The standard InChI is InChI=1S/C24H39F3N6O9/c1-12(28)18(35)33-16(22(39)42-5)9-10-17(34)32-15(8-6-7-11-29-23(40)24(25,26)27)20(37)30-13(2)19(36)31-14(3)21(38)41-4/h12-16H,6-11,28H2,1-5H3,(H,29,40)(H,30,37)(H,31,36)(H,32,34)(H,33,35)/t12-,13+,14+,15-,16-/m0/s1. The highest BCUT2D eigenvalue weighted by atomic mass is 19.4. The van der Waals surface area contributed by atoms with Gasteiger partial charge in [-0.2, -0.15) is 13.2 Å². The zero-order valence-electron chi connectivity index (χ0n) is 24.0. The average molecular weight is 613 g/mol. The van der Waals surface area contributed by atoms with Crippen LogP contribution in [0.2, 0.25) is 0 Å². The molecule has 0 aromatic heterocycles. The SMILES string of the molecule is COC(=O)[C@H](CCC(=O)N[C@@H](CCCCNC(=O)C(F)(F)F)C(=O)N[C@H](C)C(=O)N[C@H](C)C(=O)OC)NC(=O)[C@H](C)N. The summed E-state index contributed by atoms with van der Waals surface area (Å²) in [5.74, 6) is -6.67. The lowest BCUT2D eigenvalue weighted by Crippen LogP contribution is -2.54. The second-order valence-electron chi connectivity index (χ2n) is 9.26. The number of nitrogens with two attached hydrogens (primary N) is 1. The zero-order chi connectivity index (χ0) is 32.6. The van der Waals surface area contributed by atoms with Gasteiger partial charge in [0.1, 0.15) is 24.2 Å². The molecule has 0 radical (unpaired) electrons. The monoisotopic (exact) mass is 612 g/mol. The van der Waals surface area contributed by atoms with Crippen LogP contribution in [0.5, 0.6) is 0 Å². The van der Waals surface area contributed by atoms with Crippen LogP contribution in [0, 0.1) is 0 Å². The van der Waals surface area contributed by atoms with Crippen LogP contribution in [-0.2, 0) is 43.0 Å². The normalized spacial score (nSPS) is 14.6. The summed E-state index contributed by atoms with van der Waals surface area (Å²) in [6.07, 6.45) is -5.65. The van der Waals surface area contributed by atoms with Gasteiger partial charge in [0.05, 0.1) is 20.3 Å². The van der Waals surface area contributed by atoms with E-state index in [9.17, 15) is 46.7 Å².